The van der Waals surface area contributed by atoms with Crippen molar-refractivity contribution in [1.29, 1.82) is 0 Å². The number of hydrogen-bond acceptors (Lipinski definition) is 3. The van der Waals surface area contributed by atoms with Gasteiger partial charge in [-0.2, -0.15) is 0 Å². The summed E-state index contributed by atoms with van der Waals surface area (Å²) in [5.41, 5.74) is 0. The first-order chi connectivity index (χ1) is 4.22. The van der Waals surface area contributed by atoms with Crippen molar-refractivity contribution in [2.45, 2.75) is 20.0 Å². The van der Waals surface area contributed by atoms with Gasteiger partial charge in [0.1, 0.15) is 0 Å². The van der Waals surface area contributed by atoms with Gasteiger partial charge in [-0.1, -0.05) is 13.8 Å². The molecule has 1 saturated heterocycles. The summed E-state index contributed by atoms with van der Waals surface area (Å²) in [4.78, 5) is 0. The molecule has 0 radical (unpaired) electrons. The molecule has 54 valence electrons. The summed E-state index contributed by atoms with van der Waals surface area (Å²) in [6.07, 6.45) is 0.0602. The smallest absolute Gasteiger partial charge is 0.0506 e. The van der Waals surface area contributed by atoms with Crippen LogP contribution in [0, 0.1) is 11.1 Å². The molecule has 1 rings (SSSR count). The lowest BCUT2D eigenvalue weighted by Gasteiger charge is -2.31. The van der Waals surface area contributed by atoms with Crippen molar-refractivity contribution in [3.63, 3.8) is 0 Å². The summed E-state index contributed by atoms with van der Waals surface area (Å²) in [5, 5.41) is 15.1. The van der Waals surface area contributed by atoms with Crippen molar-refractivity contribution >= 4 is 0 Å². The highest BCUT2D eigenvalue weighted by Gasteiger charge is 2.18. The van der Waals surface area contributed by atoms with Crippen molar-refractivity contribution in [2.24, 2.45) is 5.92 Å². The molecule has 9 heavy (non-hydrogen) atoms. The second-order valence-electron chi connectivity index (χ2n) is 2.78. The monoisotopic (exact) mass is 129 g/mol. The van der Waals surface area contributed by atoms with Crippen LogP contribution < -0.4 is 5.32 Å². The average Bonchev–Trinajstić information content (AvgIpc) is 2.13. The molecule has 0 bridgehead atoms. The first-order valence-electron chi connectivity index (χ1n) is 3.39. The van der Waals surface area contributed by atoms with E-state index in [0.717, 1.165) is 11.6 Å². The topological polar surface area (TPSA) is 38.3 Å². The van der Waals surface area contributed by atoms with Gasteiger partial charge in [-0.3, -0.25) is 0 Å². The van der Waals surface area contributed by atoms with E-state index in [1.54, 1.807) is 0 Å². The second kappa shape index (κ2) is 2.64. The fourth-order valence-corrected chi connectivity index (χ4v) is 1.13. The van der Waals surface area contributed by atoms with Gasteiger partial charge in [0.05, 0.1) is 6.17 Å². The Morgan fingerprint density at radius 2 is 2.33 bits per heavy atom. The molecule has 0 aliphatic carbocycles. The van der Waals surface area contributed by atoms with E-state index in [4.69, 9.17) is 0 Å². The molecule has 1 unspecified atom stereocenters. The standard InChI is InChI=1S/C6H13N2O/c1-5(2)6-7-3-4-8(6)9/h5-7H,3-4H2,1-2H3/q-1. The van der Waals surface area contributed by atoms with Gasteiger partial charge in [0.25, 0.3) is 0 Å². The zero-order valence-corrected chi connectivity index (χ0v) is 5.92. The van der Waals surface area contributed by atoms with Gasteiger partial charge in [0.2, 0.25) is 0 Å². The highest BCUT2D eigenvalue weighted by atomic mass is 16.5. The average molecular weight is 129 g/mol. The molecule has 3 nitrogen and oxygen atoms in total. The Labute approximate surface area is 55.6 Å². The number of nitrogens with one attached hydrogen (secondary N) is 1. The van der Waals surface area contributed by atoms with Crippen LogP contribution >= 0.6 is 0 Å². The molecule has 0 spiro atoms. The number of hydroxylamine groups is 2. The minimum absolute atomic E-state index is 0.0602. The molecule has 0 aromatic carbocycles. The molecular weight excluding hydrogens is 116 g/mol. The van der Waals surface area contributed by atoms with Crippen molar-refractivity contribution in [2.75, 3.05) is 13.1 Å². The van der Waals surface area contributed by atoms with Crippen LogP contribution in [0.15, 0.2) is 0 Å². The van der Waals surface area contributed by atoms with Gasteiger partial charge in [0.15, 0.2) is 0 Å². The highest BCUT2D eigenvalue weighted by Crippen LogP contribution is 2.09. The molecule has 1 aliphatic heterocycles. The van der Waals surface area contributed by atoms with Crippen LogP contribution in [0.2, 0.25) is 0 Å². The van der Waals surface area contributed by atoms with Crippen LogP contribution in [0.3, 0.4) is 0 Å². The molecular formula is C6H13N2O-. The zero-order valence-electron chi connectivity index (χ0n) is 5.92. The van der Waals surface area contributed by atoms with E-state index in [1.165, 1.54) is 0 Å². The van der Waals surface area contributed by atoms with Gasteiger partial charge in [-0.05, 0) is 12.5 Å². The molecule has 0 amide bonds. The summed E-state index contributed by atoms with van der Waals surface area (Å²) in [6, 6.07) is 0. The molecule has 0 saturated carbocycles. The third kappa shape index (κ3) is 1.41. The van der Waals surface area contributed by atoms with E-state index in [-0.39, 0.29) is 6.17 Å². The maximum Gasteiger partial charge on any atom is 0.0506 e. The summed E-state index contributed by atoms with van der Waals surface area (Å²) >= 11 is 0. The Morgan fingerprint density at radius 1 is 1.67 bits per heavy atom. The second-order valence-corrected chi connectivity index (χ2v) is 2.78. The third-order valence-electron chi connectivity index (χ3n) is 1.63. The first kappa shape index (κ1) is 6.99. The quantitative estimate of drug-likeness (QED) is 0.556. The van der Waals surface area contributed by atoms with E-state index in [9.17, 15) is 5.21 Å². The Balaban J connectivity index is 2.40. The van der Waals surface area contributed by atoms with Gasteiger partial charge >= 0.3 is 0 Å². The van der Waals surface area contributed by atoms with Crippen LogP contribution in [0.4, 0.5) is 0 Å². The maximum atomic E-state index is 10.9. The Morgan fingerprint density at radius 3 is 2.56 bits per heavy atom. The molecule has 1 fully saturated rings. The normalized spacial score (nSPS) is 30.0. The van der Waals surface area contributed by atoms with E-state index < -0.39 is 0 Å². The molecule has 0 aromatic rings. The summed E-state index contributed by atoms with van der Waals surface area (Å²) in [7, 11) is 0. The highest BCUT2D eigenvalue weighted by molar-refractivity contribution is 4.79. The number of rotatable bonds is 1. The van der Waals surface area contributed by atoms with Gasteiger partial charge in [-0.25, -0.2) is 0 Å². The number of nitrogens with zero attached hydrogens (tertiary/aromatic N) is 1. The largest absolute Gasteiger partial charge is 0.784 e. The van der Waals surface area contributed by atoms with Gasteiger partial charge in [-0.15, -0.1) is 0 Å². The fraction of sp³-hybridized carbons (Fsp3) is 1.00. The molecule has 1 atom stereocenters. The first-order valence-corrected chi connectivity index (χ1v) is 3.39. The van der Waals surface area contributed by atoms with Crippen molar-refractivity contribution in [3.8, 4) is 0 Å². The molecule has 3 heteroatoms. The van der Waals surface area contributed by atoms with E-state index >= 15 is 0 Å². The SMILES string of the molecule is CC(C)C1NCCN1[O-]. The summed E-state index contributed by atoms with van der Waals surface area (Å²) in [6.45, 7) is 5.58. The third-order valence-corrected chi connectivity index (χ3v) is 1.63. The lowest BCUT2D eigenvalue weighted by atomic mass is 10.2. The molecule has 1 aliphatic rings. The van der Waals surface area contributed by atoms with Crippen LogP contribution in [0.5, 0.6) is 0 Å². The van der Waals surface area contributed by atoms with Crippen molar-refractivity contribution in [3.05, 3.63) is 5.21 Å². The Hall–Kier alpha value is -0.120. The maximum absolute atomic E-state index is 10.9. The fourth-order valence-electron chi connectivity index (χ4n) is 1.13. The minimum Gasteiger partial charge on any atom is -0.784 e. The minimum atomic E-state index is 0.0602. The van der Waals surface area contributed by atoms with Gasteiger partial charge < -0.3 is 15.6 Å². The van der Waals surface area contributed by atoms with E-state index in [0.29, 0.717) is 12.5 Å². The molecule has 1 heterocycles. The van der Waals surface area contributed by atoms with E-state index in [1.807, 2.05) is 13.8 Å². The Bertz CT molecular complexity index is 95.1. The van der Waals surface area contributed by atoms with Crippen LogP contribution in [-0.4, -0.2) is 24.3 Å². The van der Waals surface area contributed by atoms with Crippen molar-refractivity contribution < 1.29 is 0 Å². The lowest BCUT2D eigenvalue weighted by Crippen LogP contribution is -2.36. The molecule has 0 aromatic heterocycles. The predicted molar refractivity (Wildman–Crippen MR) is 36.7 cm³/mol. The van der Waals surface area contributed by atoms with E-state index in [2.05, 4.69) is 5.32 Å². The van der Waals surface area contributed by atoms with Crippen LogP contribution in [0.1, 0.15) is 13.8 Å². The van der Waals surface area contributed by atoms with Crippen LogP contribution in [0.25, 0.3) is 0 Å². The predicted octanol–water partition coefficient (Wildman–Crippen LogP) is 0.371. The lowest BCUT2D eigenvalue weighted by molar-refractivity contribution is 0.260. The van der Waals surface area contributed by atoms with Crippen molar-refractivity contribution in [1.82, 2.24) is 10.4 Å². The Kier molecular flexibility index (Phi) is 2.05. The van der Waals surface area contributed by atoms with Crippen LogP contribution in [-0.2, 0) is 0 Å². The zero-order chi connectivity index (χ0) is 6.85. The number of hydrogen-bond donors (Lipinski definition) is 1. The molecule has 1 N–H and O–H groups in total. The summed E-state index contributed by atoms with van der Waals surface area (Å²) in [5.74, 6) is 0.421. The summed E-state index contributed by atoms with van der Waals surface area (Å²) < 4.78 is 0. The van der Waals surface area contributed by atoms with Gasteiger partial charge in [0, 0.05) is 6.54 Å².